The van der Waals surface area contributed by atoms with Crippen LogP contribution in [0.15, 0.2) is 41.4 Å². The van der Waals surface area contributed by atoms with Gasteiger partial charge in [0.15, 0.2) is 5.65 Å². The van der Waals surface area contributed by atoms with Crippen LogP contribution in [0.4, 0.5) is 0 Å². The number of carbonyl (C=O) groups is 1. The molecule has 5 rings (SSSR count). The van der Waals surface area contributed by atoms with E-state index in [1.54, 1.807) is 10.4 Å². The maximum atomic E-state index is 13.6. The number of pyridine rings is 1. The minimum absolute atomic E-state index is 0.0789. The number of sulfonamides is 1. The van der Waals surface area contributed by atoms with Crippen molar-refractivity contribution in [2.75, 3.05) is 26.2 Å². The molecule has 9 heteroatoms. The van der Waals surface area contributed by atoms with Crippen LogP contribution in [-0.4, -0.2) is 64.3 Å². The van der Waals surface area contributed by atoms with Crippen molar-refractivity contribution in [1.82, 2.24) is 23.8 Å². The van der Waals surface area contributed by atoms with Gasteiger partial charge in [0.05, 0.1) is 4.90 Å². The van der Waals surface area contributed by atoms with Gasteiger partial charge in [-0.1, -0.05) is 13.0 Å². The van der Waals surface area contributed by atoms with Gasteiger partial charge in [0.25, 0.3) is 5.91 Å². The third-order valence-electron chi connectivity index (χ3n) is 7.64. The molecular formula is C26H33N5O3S. The van der Waals surface area contributed by atoms with Crippen LogP contribution >= 0.6 is 0 Å². The smallest absolute Gasteiger partial charge is 0.253 e. The average molecular weight is 496 g/mol. The van der Waals surface area contributed by atoms with Crippen LogP contribution in [0.25, 0.3) is 5.65 Å². The molecule has 1 amide bonds. The zero-order valence-corrected chi connectivity index (χ0v) is 21.5. The fraction of sp³-hybridized carbons (Fsp3) is 0.500. The number of hydrogen-bond acceptors (Lipinski definition) is 5. The Hall–Kier alpha value is -2.78. The molecule has 0 saturated carbocycles. The Morgan fingerprint density at radius 3 is 2.57 bits per heavy atom. The number of carbonyl (C=O) groups excluding carboxylic acids is 1. The summed E-state index contributed by atoms with van der Waals surface area (Å²) in [7, 11) is -3.65. The van der Waals surface area contributed by atoms with Gasteiger partial charge in [-0.3, -0.25) is 9.20 Å². The van der Waals surface area contributed by atoms with E-state index in [9.17, 15) is 13.2 Å². The second kappa shape index (κ2) is 9.35. The first-order valence-corrected chi connectivity index (χ1v) is 13.9. The lowest BCUT2D eigenvalue weighted by Crippen LogP contribution is -2.40. The van der Waals surface area contributed by atoms with Crippen molar-refractivity contribution in [2.45, 2.75) is 57.3 Å². The molecule has 2 aromatic heterocycles. The minimum atomic E-state index is -3.65. The Morgan fingerprint density at radius 2 is 1.80 bits per heavy atom. The van der Waals surface area contributed by atoms with Gasteiger partial charge >= 0.3 is 0 Å². The molecule has 1 aromatic carbocycles. The summed E-state index contributed by atoms with van der Waals surface area (Å²) in [5.74, 6) is 1.35. The number of likely N-dealkylation sites (tertiary alicyclic amines) is 1. The first kappa shape index (κ1) is 23.9. The normalized spacial score (nSPS) is 20.4. The molecule has 2 fully saturated rings. The Morgan fingerprint density at radius 1 is 1.03 bits per heavy atom. The molecule has 0 spiro atoms. The molecule has 1 atom stereocenters. The second-order valence-corrected chi connectivity index (χ2v) is 12.0. The van der Waals surface area contributed by atoms with Gasteiger partial charge in [-0.05, 0) is 80.8 Å². The number of aryl methyl sites for hydroxylation is 1. The Bertz CT molecular complexity index is 1360. The molecule has 186 valence electrons. The number of benzene rings is 1. The highest BCUT2D eigenvalue weighted by atomic mass is 32.2. The van der Waals surface area contributed by atoms with Crippen LogP contribution in [0.3, 0.4) is 0 Å². The standard InChI is InChI=1S/C26H33N5O3S/c1-18-9-13-30(14-10-18)35(33,34)23-16-22(15-19(2)20(23)3)26(32)29-11-6-7-21(17-29)25-28-27-24-8-4-5-12-31(24)25/h4-5,8,12,15-16,18,21H,6-7,9-11,13-14,17H2,1-3H3. The number of fused-ring (bicyclic) bond motifs is 1. The zero-order chi connectivity index (χ0) is 24.7. The fourth-order valence-electron chi connectivity index (χ4n) is 5.28. The number of piperidine rings is 2. The zero-order valence-electron chi connectivity index (χ0n) is 20.6. The highest BCUT2D eigenvalue weighted by Crippen LogP contribution is 2.30. The molecule has 0 N–H and O–H groups in total. The maximum absolute atomic E-state index is 13.6. The van der Waals surface area contributed by atoms with Gasteiger partial charge in [0.1, 0.15) is 5.82 Å². The predicted octanol–water partition coefficient (Wildman–Crippen LogP) is 3.79. The first-order chi connectivity index (χ1) is 16.8. The van der Waals surface area contributed by atoms with Gasteiger partial charge in [0, 0.05) is 43.9 Å². The van der Waals surface area contributed by atoms with Crippen molar-refractivity contribution in [1.29, 1.82) is 0 Å². The van der Waals surface area contributed by atoms with Crippen molar-refractivity contribution in [2.24, 2.45) is 5.92 Å². The number of hydrogen-bond donors (Lipinski definition) is 0. The minimum Gasteiger partial charge on any atom is -0.338 e. The van der Waals surface area contributed by atoms with E-state index in [2.05, 4.69) is 17.1 Å². The summed E-state index contributed by atoms with van der Waals surface area (Å²) in [5.41, 5.74) is 2.76. The van der Waals surface area contributed by atoms with Gasteiger partial charge in [-0.25, -0.2) is 8.42 Å². The molecule has 3 aromatic rings. The predicted molar refractivity (Wildman–Crippen MR) is 134 cm³/mol. The van der Waals surface area contributed by atoms with Gasteiger partial charge < -0.3 is 4.90 Å². The molecule has 35 heavy (non-hydrogen) atoms. The van der Waals surface area contributed by atoms with Gasteiger partial charge in [-0.15, -0.1) is 10.2 Å². The van der Waals surface area contributed by atoms with Crippen molar-refractivity contribution in [3.8, 4) is 0 Å². The van der Waals surface area contributed by atoms with E-state index in [-0.39, 0.29) is 16.7 Å². The second-order valence-electron chi connectivity index (χ2n) is 10.1. The van der Waals surface area contributed by atoms with Crippen LogP contribution in [0, 0.1) is 19.8 Å². The van der Waals surface area contributed by atoms with Crippen LogP contribution in [0.1, 0.15) is 65.8 Å². The maximum Gasteiger partial charge on any atom is 0.253 e. The summed E-state index contributed by atoms with van der Waals surface area (Å²) in [6, 6.07) is 9.22. The van der Waals surface area contributed by atoms with Crippen molar-refractivity contribution in [3.63, 3.8) is 0 Å². The average Bonchev–Trinajstić information content (AvgIpc) is 3.29. The van der Waals surface area contributed by atoms with Crippen molar-refractivity contribution < 1.29 is 13.2 Å². The molecule has 0 radical (unpaired) electrons. The van der Waals surface area contributed by atoms with E-state index in [1.165, 1.54) is 0 Å². The third kappa shape index (κ3) is 4.47. The SMILES string of the molecule is Cc1cc(C(=O)N2CCCC(c3nnc4ccccn34)C2)cc(S(=O)(=O)N2CCC(C)CC2)c1C. The van der Waals surface area contributed by atoms with Crippen LogP contribution in [0.2, 0.25) is 0 Å². The van der Waals surface area contributed by atoms with Crippen molar-refractivity contribution >= 4 is 21.6 Å². The lowest BCUT2D eigenvalue weighted by molar-refractivity contribution is 0.0703. The highest BCUT2D eigenvalue weighted by molar-refractivity contribution is 7.89. The fourth-order valence-corrected chi connectivity index (χ4v) is 7.07. The summed E-state index contributed by atoms with van der Waals surface area (Å²) in [6.07, 6.45) is 5.47. The van der Waals surface area contributed by atoms with Crippen LogP contribution in [0.5, 0.6) is 0 Å². The van der Waals surface area contributed by atoms with Gasteiger partial charge in [-0.2, -0.15) is 4.31 Å². The summed E-state index contributed by atoms with van der Waals surface area (Å²) in [4.78, 5) is 15.7. The van der Waals surface area contributed by atoms with E-state index >= 15 is 0 Å². The summed E-state index contributed by atoms with van der Waals surface area (Å²) < 4.78 is 30.6. The van der Waals surface area contributed by atoms with E-state index in [1.807, 2.05) is 53.6 Å². The van der Waals surface area contributed by atoms with E-state index in [0.717, 1.165) is 42.7 Å². The third-order valence-corrected chi connectivity index (χ3v) is 9.67. The van der Waals surface area contributed by atoms with Crippen LogP contribution < -0.4 is 0 Å². The summed E-state index contributed by atoms with van der Waals surface area (Å²) in [5, 5.41) is 8.67. The van der Waals surface area contributed by atoms with E-state index in [4.69, 9.17) is 0 Å². The Kier molecular flexibility index (Phi) is 6.40. The lowest BCUT2D eigenvalue weighted by Gasteiger charge is -2.33. The molecule has 8 nitrogen and oxygen atoms in total. The number of nitrogens with zero attached hydrogens (tertiary/aromatic N) is 5. The molecule has 2 aliphatic rings. The quantitative estimate of drug-likeness (QED) is 0.550. The first-order valence-electron chi connectivity index (χ1n) is 12.5. The molecule has 4 heterocycles. The molecule has 2 saturated heterocycles. The largest absolute Gasteiger partial charge is 0.338 e. The van der Waals surface area contributed by atoms with Gasteiger partial charge in [0.2, 0.25) is 10.0 Å². The highest BCUT2D eigenvalue weighted by Gasteiger charge is 2.32. The Balaban J connectivity index is 1.42. The monoisotopic (exact) mass is 495 g/mol. The number of rotatable bonds is 4. The molecule has 0 bridgehead atoms. The van der Waals surface area contributed by atoms with E-state index < -0.39 is 10.0 Å². The Labute approximate surface area is 207 Å². The van der Waals surface area contributed by atoms with E-state index in [0.29, 0.717) is 43.2 Å². The molecule has 2 aliphatic heterocycles. The number of aromatic nitrogens is 3. The van der Waals surface area contributed by atoms with Crippen molar-refractivity contribution in [3.05, 3.63) is 59.0 Å². The topological polar surface area (TPSA) is 87.9 Å². The lowest BCUT2D eigenvalue weighted by atomic mass is 9.96. The van der Waals surface area contributed by atoms with Crippen LogP contribution in [-0.2, 0) is 10.0 Å². The molecular weight excluding hydrogens is 462 g/mol. The summed E-state index contributed by atoms with van der Waals surface area (Å²) >= 11 is 0. The molecule has 1 unspecified atom stereocenters. The molecule has 0 aliphatic carbocycles. The number of amides is 1. The summed E-state index contributed by atoms with van der Waals surface area (Å²) in [6.45, 7) is 8.10.